The molecule has 1 aromatic carbocycles. The van der Waals surface area contributed by atoms with E-state index in [0.29, 0.717) is 18.5 Å². The van der Waals surface area contributed by atoms with Gasteiger partial charge in [-0.3, -0.25) is 19.5 Å². The van der Waals surface area contributed by atoms with Gasteiger partial charge < -0.3 is 10.2 Å². The predicted octanol–water partition coefficient (Wildman–Crippen LogP) is 2.88. The van der Waals surface area contributed by atoms with Crippen molar-refractivity contribution in [2.45, 2.75) is 43.7 Å². The van der Waals surface area contributed by atoms with Crippen molar-refractivity contribution in [3.05, 3.63) is 66.0 Å². The Hall–Kier alpha value is -3.22. The highest BCUT2D eigenvalue weighted by molar-refractivity contribution is 6.09. The van der Waals surface area contributed by atoms with Gasteiger partial charge >= 0.3 is 6.03 Å². The van der Waals surface area contributed by atoms with E-state index >= 15 is 0 Å². The number of aromatic nitrogens is 1. The maximum absolute atomic E-state index is 13.1. The molecule has 1 saturated carbocycles. The molecule has 30 heavy (non-hydrogen) atoms. The molecule has 1 N–H and O–H groups in total. The Morgan fingerprint density at radius 2 is 1.77 bits per heavy atom. The second kappa shape index (κ2) is 8.26. The number of nitrogens with one attached hydrogen (secondary N) is 1. The molecule has 7 heteroatoms. The molecular weight excluding hydrogens is 380 g/mol. The third-order valence-corrected chi connectivity index (χ3v) is 6.21. The molecule has 1 aliphatic carbocycles. The minimum Gasteiger partial charge on any atom is -0.342 e. The van der Waals surface area contributed by atoms with E-state index in [1.54, 1.807) is 13.2 Å². The molecule has 2 heterocycles. The molecule has 2 fully saturated rings. The molecule has 2 aliphatic rings. The van der Waals surface area contributed by atoms with Gasteiger partial charge in [-0.15, -0.1) is 0 Å². The minimum atomic E-state index is -0.782. The molecule has 7 nitrogen and oxygen atoms in total. The number of hydrogen-bond donors (Lipinski definition) is 1. The van der Waals surface area contributed by atoms with E-state index in [2.05, 4.69) is 10.3 Å². The van der Waals surface area contributed by atoms with Crippen LogP contribution in [0.25, 0.3) is 0 Å². The molecule has 0 radical (unpaired) electrons. The summed E-state index contributed by atoms with van der Waals surface area (Å²) in [6, 6.07) is 14.2. The molecule has 1 spiro atoms. The average molecular weight is 406 g/mol. The van der Waals surface area contributed by atoms with E-state index in [9.17, 15) is 14.4 Å². The summed E-state index contributed by atoms with van der Waals surface area (Å²) in [6.45, 7) is -0.292. The second-order valence-corrected chi connectivity index (χ2v) is 7.99. The third-order valence-electron chi connectivity index (χ3n) is 6.21. The lowest BCUT2D eigenvalue weighted by atomic mass is 9.81. The molecule has 0 bridgehead atoms. The fourth-order valence-electron chi connectivity index (χ4n) is 4.54. The number of carbonyl (C=O) groups excluding carboxylic acids is 3. The molecule has 1 atom stereocenters. The Morgan fingerprint density at radius 1 is 1.07 bits per heavy atom. The van der Waals surface area contributed by atoms with Crippen LogP contribution in [0.15, 0.2) is 54.7 Å². The second-order valence-electron chi connectivity index (χ2n) is 7.99. The summed E-state index contributed by atoms with van der Waals surface area (Å²) in [5.41, 5.74) is 0.789. The van der Waals surface area contributed by atoms with E-state index in [-0.39, 0.29) is 12.5 Å². The van der Waals surface area contributed by atoms with Gasteiger partial charge in [0.25, 0.3) is 5.91 Å². The van der Waals surface area contributed by atoms with E-state index in [1.807, 2.05) is 48.5 Å². The lowest BCUT2D eigenvalue weighted by Crippen LogP contribution is -2.49. The summed E-state index contributed by atoms with van der Waals surface area (Å²) >= 11 is 0. The van der Waals surface area contributed by atoms with Crippen LogP contribution in [-0.4, -0.2) is 51.8 Å². The monoisotopic (exact) mass is 406 g/mol. The molecule has 1 aliphatic heterocycles. The fraction of sp³-hybridized carbons (Fsp3) is 0.391. The smallest absolute Gasteiger partial charge is 0.327 e. The Kier molecular flexibility index (Phi) is 5.53. The molecular formula is C23H26N4O3. The van der Waals surface area contributed by atoms with Crippen LogP contribution in [0.5, 0.6) is 0 Å². The van der Waals surface area contributed by atoms with Crippen LogP contribution in [0, 0.1) is 0 Å². The Balaban J connectivity index is 1.53. The van der Waals surface area contributed by atoms with Gasteiger partial charge in [0.2, 0.25) is 5.91 Å². The Bertz CT molecular complexity index is 886. The number of imide groups is 1. The minimum absolute atomic E-state index is 0.251. The van der Waals surface area contributed by atoms with Crippen LogP contribution in [-0.2, 0) is 9.59 Å². The highest BCUT2D eigenvalue weighted by Crippen LogP contribution is 2.39. The maximum Gasteiger partial charge on any atom is 0.327 e. The first kappa shape index (κ1) is 20.1. The number of likely N-dealkylation sites (N-methyl/N-ethyl adjacent to an activating group) is 1. The van der Waals surface area contributed by atoms with Gasteiger partial charge in [-0.25, -0.2) is 4.79 Å². The number of amides is 4. The van der Waals surface area contributed by atoms with Crippen molar-refractivity contribution in [3.63, 3.8) is 0 Å². The molecule has 1 unspecified atom stereocenters. The first-order chi connectivity index (χ1) is 14.5. The summed E-state index contributed by atoms with van der Waals surface area (Å²) in [5.74, 6) is -0.642. The molecule has 1 saturated heterocycles. The SMILES string of the molecule is CN1C(=O)N(CC(=O)NC(c2ccccc2)c2ccccn2)C(=O)C12CCCCC2. The number of carbonyl (C=O) groups is 3. The van der Waals surface area contributed by atoms with Gasteiger partial charge in [-0.05, 0) is 30.5 Å². The van der Waals surface area contributed by atoms with Crippen molar-refractivity contribution in [1.29, 1.82) is 0 Å². The van der Waals surface area contributed by atoms with E-state index < -0.39 is 23.5 Å². The molecule has 156 valence electrons. The van der Waals surface area contributed by atoms with Gasteiger partial charge in [0, 0.05) is 13.2 Å². The van der Waals surface area contributed by atoms with Gasteiger partial charge in [-0.1, -0.05) is 55.7 Å². The summed E-state index contributed by atoms with van der Waals surface area (Å²) in [4.78, 5) is 45.9. The van der Waals surface area contributed by atoms with Crippen molar-refractivity contribution < 1.29 is 14.4 Å². The molecule has 4 amide bonds. The number of pyridine rings is 1. The van der Waals surface area contributed by atoms with Crippen LogP contribution in [0.3, 0.4) is 0 Å². The standard InChI is InChI=1S/C23H26N4O3/c1-26-22(30)27(21(29)23(26)13-7-3-8-14-23)16-19(28)25-20(17-10-4-2-5-11-17)18-12-6-9-15-24-18/h2,4-6,9-12,15,20H,3,7-8,13-14,16H2,1H3,(H,25,28). The van der Waals surface area contributed by atoms with E-state index in [0.717, 1.165) is 29.7 Å². The van der Waals surface area contributed by atoms with Crippen molar-refractivity contribution in [2.24, 2.45) is 0 Å². The van der Waals surface area contributed by atoms with Crippen molar-refractivity contribution in [2.75, 3.05) is 13.6 Å². The molecule has 4 rings (SSSR count). The number of urea groups is 1. The summed E-state index contributed by atoms with van der Waals surface area (Å²) in [6.07, 6.45) is 5.89. The van der Waals surface area contributed by atoms with E-state index in [4.69, 9.17) is 0 Å². The Labute approximate surface area is 176 Å². The highest BCUT2D eigenvalue weighted by Gasteiger charge is 2.55. The quantitative estimate of drug-likeness (QED) is 0.774. The summed E-state index contributed by atoms with van der Waals surface area (Å²) in [5, 5.41) is 2.96. The first-order valence-corrected chi connectivity index (χ1v) is 10.4. The van der Waals surface area contributed by atoms with Gasteiger partial charge in [0.15, 0.2) is 0 Å². The summed E-state index contributed by atoms with van der Waals surface area (Å²) < 4.78 is 0. The highest BCUT2D eigenvalue weighted by atomic mass is 16.2. The summed E-state index contributed by atoms with van der Waals surface area (Å²) in [7, 11) is 1.67. The number of rotatable bonds is 5. The number of nitrogens with zero attached hydrogens (tertiary/aromatic N) is 3. The fourth-order valence-corrected chi connectivity index (χ4v) is 4.54. The zero-order valence-corrected chi connectivity index (χ0v) is 17.1. The molecule has 1 aromatic heterocycles. The third kappa shape index (κ3) is 3.56. The average Bonchev–Trinajstić information content (AvgIpc) is 2.95. The van der Waals surface area contributed by atoms with Crippen LogP contribution in [0.1, 0.15) is 49.4 Å². The Morgan fingerprint density at radius 3 is 2.43 bits per heavy atom. The molecule has 2 aromatic rings. The van der Waals surface area contributed by atoms with Crippen molar-refractivity contribution in [1.82, 2.24) is 20.1 Å². The maximum atomic E-state index is 13.1. The number of hydrogen-bond acceptors (Lipinski definition) is 4. The topological polar surface area (TPSA) is 82.6 Å². The zero-order valence-electron chi connectivity index (χ0n) is 17.1. The van der Waals surface area contributed by atoms with Crippen molar-refractivity contribution >= 4 is 17.8 Å². The first-order valence-electron chi connectivity index (χ1n) is 10.4. The van der Waals surface area contributed by atoms with Gasteiger partial charge in [0.1, 0.15) is 12.1 Å². The normalized spacial score (nSPS) is 19.2. The van der Waals surface area contributed by atoms with Gasteiger partial charge in [-0.2, -0.15) is 0 Å². The lowest BCUT2D eigenvalue weighted by molar-refractivity contribution is -0.137. The predicted molar refractivity (Wildman–Crippen MR) is 111 cm³/mol. The van der Waals surface area contributed by atoms with Crippen LogP contribution >= 0.6 is 0 Å². The number of benzene rings is 1. The van der Waals surface area contributed by atoms with Crippen LogP contribution < -0.4 is 5.32 Å². The largest absolute Gasteiger partial charge is 0.342 e. The lowest BCUT2D eigenvalue weighted by Gasteiger charge is -2.35. The van der Waals surface area contributed by atoms with E-state index in [1.165, 1.54) is 4.90 Å². The van der Waals surface area contributed by atoms with Crippen LogP contribution in [0.4, 0.5) is 4.79 Å². The van der Waals surface area contributed by atoms with Crippen molar-refractivity contribution in [3.8, 4) is 0 Å². The van der Waals surface area contributed by atoms with Gasteiger partial charge in [0.05, 0.1) is 11.7 Å². The van der Waals surface area contributed by atoms with Crippen LogP contribution in [0.2, 0.25) is 0 Å². The zero-order chi connectivity index (χ0) is 21.1.